The van der Waals surface area contributed by atoms with Crippen LogP contribution in [-0.4, -0.2) is 57.8 Å². The number of methoxy groups -OCH3 is 2. The molecule has 2 aromatic rings. The Kier molecular flexibility index (Phi) is 6.41. The normalized spacial score (nSPS) is 14.0. The summed E-state index contributed by atoms with van der Waals surface area (Å²) in [6.07, 6.45) is 0.394. The van der Waals surface area contributed by atoms with Gasteiger partial charge in [-0.2, -0.15) is 0 Å². The second-order valence-electron chi connectivity index (χ2n) is 6.32. The molecule has 1 heterocycles. The fraction of sp³-hybridized carbons (Fsp3) is 0.381. The molecular weight excluding hydrogens is 344 g/mol. The lowest BCUT2D eigenvalue weighted by molar-refractivity contribution is -0.132. The molecule has 1 aliphatic heterocycles. The fourth-order valence-corrected chi connectivity index (χ4v) is 3.17. The van der Waals surface area contributed by atoms with Gasteiger partial charge >= 0.3 is 0 Å². The van der Waals surface area contributed by atoms with Crippen molar-refractivity contribution < 1.29 is 19.0 Å². The van der Waals surface area contributed by atoms with Gasteiger partial charge in [0.05, 0.1) is 27.2 Å². The smallest absolute Gasteiger partial charge is 0.226 e. The summed E-state index contributed by atoms with van der Waals surface area (Å²) < 4.78 is 16.3. The summed E-state index contributed by atoms with van der Waals surface area (Å²) in [7, 11) is 3.26. The number of carbonyl (C=O) groups is 1. The van der Waals surface area contributed by atoms with Gasteiger partial charge in [-0.25, -0.2) is 0 Å². The van der Waals surface area contributed by atoms with E-state index in [2.05, 4.69) is 4.90 Å². The molecule has 0 atom stereocenters. The minimum Gasteiger partial charge on any atom is -0.493 e. The molecule has 6 heteroatoms. The summed E-state index contributed by atoms with van der Waals surface area (Å²) in [5.74, 6) is 2.36. The molecule has 0 radical (unpaired) electrons. The van der Waals surface area contributed by atoms with Gasteiger partial charge in [0.2, 0.25) is 5.91 Å². The highest BCUT2D eigenvalue weighted by molar-refractivity contribution is 5.76. The highest BCUT2D eigenvalue weighted by Crippen LogP contribution is 2.31. The Balaban J connectivity index is 1.47. The zero-order chi connectivity index (χ0) is 19.1. The molecule has 0 N–H and O–H groups in total. The first kappa shape index (κ1) is 18.9. The van der Waals surface area contributed by atoms with Gasteiger partial charge in [-0.15, -0.1) is 0 Å². The molecular formula is C21H26N2O4. The van der Waals surface area contributed by atoms with Gasteiger partial charge < -0.3 is 24.0 Å². The lowest BCUT2D eigenvalue weighted by atomic mass is 10.2. The number of para-hydroxylation sites is 1. The molecule has 0 saturated carbocycles. The van der Waals surface area contributed by atoms with Gasteiger partial charge in [-0.05, 0) is 24.3 Å². The Hall–Kier alpha value is -2.89. The van der Waals surface area contributed by atoms with Crippen LogP contribution in [0, 0.1) is 0 Å². The number of rotatable bonds is 7. The quantitative estimate of drug-likeness (QED) is 0.750. The molecule has 1 aliphatic rings. The van der Waals surface area contributed by atoms with Crippen LogP contribution < -0.4 is 19.1 Å². The molecule has 0 bridgehead atoms. The first-order valence-corrected chi connectivity index (χ1v) is 9.14. The minimum absolute atomic E-state index is 0.137. The monoisotopic (exact) mass is 370 g/mol. The molecule has 6 nitrogen and oxygen atoms in total. The van der Waals surface area contributed by atoms with Crippen molar-refractivity contribution >= 4 is 11.6 Å². The summed E-state index contributed by atoms with van der Waals surface area (Å²) in [5, 5.41) is 0. The summed E-state index contributed by atoms with van der Waals surface area (Å²) in [4.78, 5) is 16.6. The maximum Gasteiger partial charge on any atom is 0.226 e. The zero-order valence-electron chi connectivity index (χ0n) is 15.9. The van der Waals surface area contributed by atoms with Crippen LogP contribution in [0.25, 0.3) is 0 Å². The van der Waals surface area contributed by atoms with Gasteiger partial charge in [-0.3, -0.25) is 4.79 Å². The number of hydrogen-bond donors (Lipinski definition) is 0. The average Bonchev–Trinajstić information content (AvgIpc) is 2.74. The van der Waals surface area contributed by atoms with Crippen LogP contribution in [0.15, 0.2) is 48.5 Å². The maximum atomic E-state index is 12.4. The third kappa shape index (κ3) is 4.84. The van der Waals surface area contributed by atoms with E-state index in [1.54, 1.807) is 14.2 Å². The van der Waals surface area contributed by atoms with Crippen molar-refractivity contribution in [3.8, 4) is 17.2 Å². The molecule has 2 aromatic carbocycles. The topological polar surface area (TPSA) is 51.2 Å². The molecule has 1 amide bonds. The Bertz CT molecular complexity index is 743. The second kappa shape index (κ2) is 9.16. The van der Waals surface area contributed by atoms with Gasteiger partial charge in [0.1, 0.15) is 5.75 Å². The summed E-state index contributed by atoms with van der Waals surface area (Å²) >= 11 is 0. The molecule has 0 unspecified atom stereocenters. The van der Waals surface area contributed by atoms with Crippen molar-refractivity contribution in [3.63, 3.8) is 0 Å². The number of carbonyl (C=O) groups excluding carboxylic acids is 1. The molecule has 144 valence electrons. The third-order valence-corrected chi connectivity index (χ3v) is 4.69. The second-order valence-corrected chi connectivity index (χ2v) is 6.32. The largest absolute Gasteiger partial charge is 0.493 e. The van der Waals surface area contributed by atoms with Crippen molar-refractivity contribution in [2.75, 3.05) is 51.9 Å². The van der Waals surface area contributed by atoms with Gasteiger partial charge in [0.15, 0.2) is 11.5 Å². The number of amides is 1. The van der Waals surface area contributed by atoms with Crippen molar-refractivity contribution in [2.24, 2.45) is 0 Å². The molecule has 27 heavy (non-hydrogen) atoms. The lowest BCUT2D eigenvalue weighted by Gasteiger charge is -2.36. The van der Waals surface area contributed by atoms with Crippen LogP contribution in [0.3, 0.4) is 0 Å². The van der Waals surface area contributed by atoms with Crippen molar-refractivity contribution in [1.29, 1.82) is 0 Å². The van der Waals surface area contributed by atoms with Gasteiger partial charge in [0, 0.05) is 37.9 Å². The van der Waals surface area contributed by atoms with E-state index in [0.29, 0.717) is 37.6 Å². The molecule has 1 saturated heterocycles. The number of piperazine rings is 1. The predicted octanol–water partition coefficient (Wildman–Crippen LogP) is 2.82. The molecule has 0 aliphatic carbocycles. The number of anilines is 1. The number of hydrogen-bond acceptors (Lipinski definition) is 5. The third-order valence-electron chi connectivity index (χ3n) is 4.69. The van der Waals surface area contributed by atoms with E-state index < -0.39 is 0 Å². The van der Waals surface area contributed by atoms with Crippen LogP contribution in [0.5, 0.6) is 17.2 Å². The molecule has 0 spiro atoms. The van der Waals surface area contributed by atoms with E-state index in [0.717, 1.165) is 24.5 Å². The van der Waals surface area contributed by atoms with E-state index in [1.807, 2.05) is 53.4 Å². The van der Waals surface area contributed by atoms with E-state index in [1.165, 1.54) is 0 Å². The van der Waals surface area contributed by atoms with Crippen molar-refractivity contribution in [2.45, 2.75) is 6.42 Å². The first-order valence-electron chi connectivity index (χ1n) is 9.14. The Labute approximate surface area is 160 Å². The van der Waals surface area contributed by atoms with Crippen LogP contribution in [-0.2, 0) is 4.79 Å². The van der Waals surface area contributed by atoms with Crippen LogP contribution in [0.4, 0.5) is 5.69 Å². The van der Waals surface area contributed by atoms with E-state index in [-0.39, 0.29) is 5.91 Å². The summed E-state index contributed by atoms with van der Waals surface area (Å²) in [5.41, 5.74) is 1.08. The fourth-order valence-electron chi connectivity index (χ4n) is 3.17. The maximum absolute atomic E-state index is 12.4. The van der Waals surface area contributed by atoms with Crippen molar-refractivity contribution in [3.05, 3.63) is 48.5 Å². The average molecular weight is 370 g/mol. The summed E-state index contributed by atoms with van der Waals surface area (Å²) in [6.45, 7) is 3.40. The summed E-state index contributed by atoms with van der Waals surface area (Å²) in [6, 6.07) is 15.5. The Morgan fingerprint density at radius 2 is 1.63 bits per heavy atom. The van der Waals surface area contributed by atoms with Crippen molar-refractivity contribution in [1.82, 2.24) is 4.90 Å². The molecule has 0 aromatic heterocycles. The Morgan fingerprint density at radius 1 is 0.926 bits per heavy atom. The molecule has 1 fully saturated rings. The predicted molar refractivity (Wildman–Crippen MR) is 105 cm³/mol. The van der Waals surface area contributed by atoms with E-state index in [4.69, 9.17) is 14.2 Å². The van der Waals surface area contributed by atoms with Crippen LogP contribution >= 0.6 is 0 Å². The first-order chi connectivity index (χ1) is 13.2. The number of benzene rings is 2. The van der Waals surface area contributed by atoms with Gasteiger partial charge in [-0.1, -0.05) is 18.2 Å². The number of ether oxygens (including phenoxy) is 3. The van der Waals surface area contributed by atoms with E-state index in [9.17, 15) is 4.79 Å². The standard InChI is InChI=1S/C21H26N2O4/c1-25-19-9-8-17(16-20(19)26-2)22-11-13-23(14-12-22)21(24)10-15-27-18-6-4-3-5-7-18/h3-9,16H,10-15H2,1-2H3. The highest BCUT2D eigenvalue weighted by Gasteiger charge is 2.22. The minimum atomic E-state index is 0.137. The number of nitrogens with zero attached hydrogens (tertiary/aromatic N) is 2. The lowest BCUT2D eigenvalue weighted by Crippen LogP contribution is -2.49. The van der Waals surface area contributed by atoms with Crippen LogP contribution in [0.2, 0.25) is 0 Å². The Morgan fingerprint density at radius 3 is 2.30 bits per heavy atom. The SMILES string of the molecule is COc1ccc(N2CCN(C(=O)CCOc3ccccc3)CC2)cc1OC. The molecule has 3 rings (SSSR count). The van der Waals surface area contributed by atoms with E-state index >= 15 is 0 Å². The highest BCUT2D eigenvalue weighted by atomic mass is 16.5. The van der Waals surface area contributed by atoms with Gasteiger partial charge in [0.25, 0.3) is 0 Å². The van der Waals surface area contributed by atoms with Crippen LogP contribution in [0.1, 0.15) is 6.42 Å². The zero-order valence-corrected chi connectivity index (χ0v) is 15.9.